The lowest BCUT2D eigenvalue weighted by molar-refractivity contribution is -0.122. The lowest BCUT2D eigenvalue weighted by Gasteiger charge is -2.25. The number of hydrogen-bond acceptors (Lipinski definition) is 3. The number of benzene rings is 1. The van der Waals surface area contributed by atoms with Gasteiger partial charge < -0.3 is 15.2 Å². The molecule has 0 radical (unpaired) electrons. The van der Waals surface area contributed by atoms with Gasteiger partial charge in [-0.05, 0) is 37.5 Å². The number of rotatable bonds is 6. The van der Waals surface area contributed by atoms with Gasteiger partial charge in [-0.1, -0.05) is 12.1 Å². The van der Waals surface area contributed by atoms with Gasteiger partial charge in [-0.2, -0.15) is 0 Å². The average molecular weight is 330 g/mol. The smallest absolute Gasteiger partial charge is 0.237 e. The van der Waals surface area contributed by atoms with Gasteiger partial charge in [-0.15, -0.1) is 0 Å². The van der Waals surface area contributed by atoms with Crippen molar-refractivity contribution in [2.24, 2.45) is 0 Å². The van der Waals surface area contributed by atoms with Gasteiger partial charge >= 0.3 is 0 Å². The maximum Gasteiger partial charge on any atom is 0.237 e. The number of halogens is 1. The van der Waals surface area contributed by atoms with E-state index in [1.165, 1.54) is 12.1 Å². The number of nitrogens with one attached hydrogen (secondary N) is 2. The van der Waals surface area contributed by atoms with Crippen molar-refractivity contribution in [3.05, 3.63) is 53.9 Å². The van der Waals surface area contributed by atoms with Gasteiger partial charge in [0.05, 0.1) is 6.04 Å². The first kappa shape index (κ1) is 16.6. The van der Waals surface area contributed by atoms with E-state index in [4.69, 9.17) is 0 Å². The van der Waals surface area contributed by atoms with E-state index >= 15 is 0 Å². The van der Waals surface area contributed by atoms with Crippen LogP contribution in [0, 0.1) is 5.82 Å². The predicted octanol–water partition coefficient (Wildman–Crippen LogP) is 2.19. The summed E-state index contributed by atoms with van der Waals surface area (Å²) in [7, 11) is 0. The Morgan fingerprint density at radius 2 is 2.21 bits per heavy atom. The van der Waals surface area contributed by atoms with Gasteiger partial charge in [-0.25, -0.2) is 9.37 Å². The molecule has 0 saturated heterocycles. The molecule has 0 spiro atoms. The molecule has 128 valence electrons. The van der Waals surface area contributed by atoms with Crippen LogP contribution in [0.4, 0.5) is 4.39 Å². The molecule has 5 nitrogen and oxygen atoms in total. The van der Waals surface area contributed by atoms with E-state index in [-0.39, 0.29) is 17.8 Å². The van der Waals surface area contributed by atoms with E-state index in [1.807, 2.05) is 19.3 Å². The van der Waals surface area contributed by atoms with Crippen molar-refractivity contribution in [1.82, 2.24) is 20.2 Å². The first-order valence-corrected chi connectivity index (χ1v) is 8.40. The summed E-state index contributed by atoms with van der Waals surface area (Å²) in [5.41, 5.74) is 0.881. The van der Waals surface area contributed by atoms with Crippen LogP contribution in [0.2, 0.25) is 0 Å². The highest BCUT2D eigenvalue weighted by atomic mass is 19.1. The molecule has 1 amide bonds. The highest BCUT2D eigenvalue weighted by Crippen LogP contribution is 2.24. The second-order valence-electron chi connectivity index (χ2n) is 6.29. The molecule has 3 rings (SSSR count). The molecule has 0 fully saturated rings. The molecule has 0 aliphatic carbocycles. The van der Waals surface area contributed by atoms with Gasteiger partial charge in [0, 0.05) is 37.9 Å². The number of amides is 1. The first-order chi connectivity index (χ1) is 11.6. The van der Waals surface area contributed by atoms with Crippen LogP contribution in [0.25, 0.3) is 0 Å². The quantitative estimate of drug-likeness (QED) is 0.854. The minimum Gasteiger partial charge on any atom is -0.351 e. The van der Waals surface area contributed by atoms with Crippen molar-refractivity contribution in [2.75, 3.05) is 6.54 Å². The zero-order chi connectivity index (χ0) is 16.9. The summed E-state index contributed by atoms with van der Waals surface area (Å²) in [5, 5.41) is 6.18. The molecule has 1 aliphatic rings. The molecular formula is C18H23FN4O. The molecule has 0 bridgehead atoms. The molecule has 0 saturated carbocycles. The summed E-state index contributed by atoms with van der Waals surface area (Å²) in [4.78, 5) is 16.6. The highest BCUT2D eigenvalue weighted by molar-refractivity contribution is 5.81. The van der Waals surface area contributed by atoms with Gasteiger partial charge in [-0.3, -0.25) is 4.79 Å². The van der Waals surface area contributed by atoms with Gasteiger partial charge in [0.2, 0.25) is 5.91 Å². The fraction of sp³-hybridized carbons (Fsp3) is 0.444. The normalized spacial score (nSPS) is 18.0. The van der Waals surface area contributed by atoms with E-state index < -0.39 is 0 Å². The Bertz CT molecular complexity index is 683. The number of aromatic nitrogens is 2. The minimum atomic E-state index is -0.282. The number of imidazole rings is 1. The third-order valence-electron chi connectivity index (χ3n) is 4.51. The molecular weight excluding hydrogens is 307 g/mol. The fourth-order valence-corrected chi connectivity index (χ4v) is 3.06. The summed E-state index contributed by atoms with van der Waals surface area (Å²) in [6.07, 6.45) is 6.08. The SMILES string of the molecule is C[C@H](NC[C@H]1CCCn2ccnc21)C(=O)NCc1ccc(F)cc1. The number of fused-ring (bicyclic) bond motifs is 1. The Kier molecular flexibility index (Phi) is 5.25. The third kappa shape index (κ3) is 4.00. The third-order valence-corrected chi connectivity index (χ3v) is 4.51. The fourth-order valence-electron chi connectivity index (χ4n) is 3.06. The molecule has 2 N–H and O–H groups in total. The summed E-state index contributed by atoms with van der Waals surface area (Å²) in [5.74, 6) is 1.12. The molecule has 2 atom stereocenters. The van der Waals surface area contributed by atoms with Crippen molar-refractivity contribution in [2.45, 2.75) is 44.8 Å². The van der Waals surface area contributed by atoms with E-state index in [2.05, 4.69) is 20.2 Å². The van der Waals surface area contributed by atoms with Crippen LogP contribution in [0.1, 0.15) is 37.1 Å². The van der Waals surface area contributed by atoms with Crippen molar-refractivity contribution in [3.8, 4) is 0 Å². The van der Waals surface area contributed by atoms with E-state index in [0.717, 1.165) is 37.3 Å². The second-order valence-corrected chi connectivity index (χ2v) is 6.29. The van der Waals surface area contributed by atoms with Crippen molar-refractivity contribution in [3.63, 3.8) is 0 Å². The largest absolute Gasteiger partial charge is 0.351 e. The Labute approximate surface area is 141 Å². The van der Waals surface area contributed by atoms with Crippen LogP contribution in [0.15, 0.2) is 36.7 Å². The molecule has 2 heterocycles. The molecule has 1 aromatic heterocycles. The molecule has 1 aliphatic heterocycles. The number of carbonyl (C=O) groups is 1. The summed E-state index contributed by atoms with van der Waals surface area (Å²) in [6, 6.07) is 5.86. The zero-order valence-corrected chi connectivity index (χ0v) is 13.8. The zero-order valence-electron chi connectivity index (χ0n) is 13.8. The second kappa shape index (κ2) is 7.57. The van der Waals surface area contributed by atoms with Crippen molar-refractivity contribution >= 4 is 5.91 Å². The lowest BCUT2D eigenvalue weighted by Crippen LogP contribution is -2.43. The average Bonchev–Trinajstić information content (AvgIpc) is 3.08. The minimum absolute atomic E-state index is 0.0570. The maximum absolute atomic E-state index is 12.9. The van der Waals surface area contributed by atoms with Gasteiger partial charge in [0.15, 0.2) is 0 Å². The van der Waals surface area contributed by atoms with Crippen LogP contribution in [0.3, 0.4) is 0 Å². The Morgan fingerprint density at radius 3 is 3.00 bits per heavy atom. The summed E-state index contributed by atoms with van der Waals surface area (Å²) >= 11 is 0. The van der Waals surface area contributed by atoms with Crippen LogP contribution in [0.5, 0.6) is 0 Å². The molecule has 0 unspecified atom stereocenters. The Hall–Kier alpha value is -2.21. The van der Waals surface area contributed by atoms with Gasteiger partial charge in [0.1, 0.15) is 11.6 Å². The monoisotopic (exact) mass is 330 g/mol. The summed E-state index contributed by atoms with van der Waals surface area (Å²) < 4.78 is 15.1. The number of aryl methyl sites for hydroxylation is 1. The topological polar surface area (TPSA) is 59.0 Å². The Morgan fingerprint density at radius 1 is 1.42 bits per heavy atom. The standard InChI is InChI=1S/C18H23FN4O/c1-13(18(24)22-11-14-4-6-16(19)7-5-14)21-12-15-3-2-9-23-10-8-20-17(15)23/h4-8,10,13,15,21H,2-3,9,11-12H2,1H3,(H,22,24)/t13-,15+/m0/s1. The molecule has 1 aromatic carbocycles. The van der Waals surface area contributed by atoms with Crippen molar-refractivity contribution < 1.29 is 9.18 Å². The summed E-state index contributed by atoms with van der Waals surface area (Å²) in [6.45, 7) is 4.02. The van der Waals surface area contributed by atoms with Crippen LogP contribution in [-0.2, 0) is 17.9 Å². The van der Waals surface area contributed by atoms with E-state index in [0.29, 0.717) is 12.5 Å². The van der Waals surface area contributed by atoms with Crippen LogP contribution in [-0.4, -0.2) is 28.0 Å². The Balaban J connectivity index is 1.46. The number of carbonyl (C=O) groups excluding carboxylic acids is 1. The first-order valence-electron chi connectivity index (χ1n) is 8.40. The molecule has 6 heteroatoms. The van der Waals surface area contributed by atoms with Gasteiger partial charge in [0.25, 0.3) is 0 Å². The molecule has 2 aromatic rings. The number of nitrogens with zero attached hydrogens (tertiary/aromatic N) is 2. The lowest BCUT2D eigenvalue weighted by atomic mass is 9.98. The number of hydrogen-bond donors (Lipinski definition) is 2. The van der Waals surface area contributed by atoms with E-state index in [9.17, 15) is 9.18 Å². The van der Waals surface area contributed by atoms with Crippen LogP contribution < -0.4 is 10.6 Å². The predicted molar refractivity (Wildman–Crippen MR) is 89.9 cm³/mol. The van der Waals surface area contributed by atoms with E-state index in [1.54, 1.807) is 12.1 Å². The highest BCUT2D eigenvalue weighted by Gasteiger charge is 2.22. The van der Waals surface area contributed by atoms with Crippen molar-refractivity contribution in [1.29, 1.82) is 0 Å². The maximum atomic E-state index is 12.9. The van der Waals surface area contributed by atoms with Crippen LogP contribution >= 0.6 is 0 Å². The molecule has 24 heavy (non-hydrogen) atoms.